The lowest BCUT2D eigenvalue weighted by Gasteiger charge is -2.44. The number of nitrogens with zero attached hydrogens (tertiary/aromatic N) is 1. The first kappa shape index (κ1) is 63.8. The molecular formula is C61H95NO17. The minimum absolute atomic E-state index is 0.0383. The first-order valence-electron chi connectivity index (χ1n) is 29.7. The largest absolute Gasteiger partial charge is 0.462 e. The summed E-state index contributed by atoms with van der Waals surface area (Å²) in [6.07, 6.45) is 3.97. The van der Waals surface area contributed by atoms with Crippen LogP contribution in [0.25, 0.3) is 0 Å². The second kappa shape index (κ2) is 25.4. The number of hydrogen-bond donors (Lipinski definition) is 0. The summed E-state index contributed by atoms with van der Waals surface area (Å²) >= 11 is 0. The van der Waals surface area contributed by atoms with E-state index in [4.69, 9.17) is 47.4 Å². The van der Waals surface area contributed by atoms with Crippen LogP contribution >= 0.6 is 0 Å². The Hall–Kier alpha value is -4.34. The smallest absolute Gasteiger partial charge is 0.327 e. The summed E-state index contributed by atoms with van der Waals surface area (Å²) in [6.45, 7) is 25.0. The van der Waals surface area contributed by atoms with E-state index in [0.29, 0.717) is 32.1 Å². The molecule has 2 aliphatic heterocycles. The topological polar surface area (TPSA) is 236 Å². The molecule has 0 N–H and O–H groups in total. The third kappa shape index (κ3) is 14.1. The number of carbonyl (C=O) groups is 7. The van der Waals surface area contributed by atoms with Crippen molar-refractivity contribution in [2.24, 2.45) is 56.2 Å². The van der Waals surface area contributed by atoms with Crippen LogP contribution < -0.4 is 0 Å². The normalized spacial score (nSPS) is 30.1. The first-order chi connectivity index (χ1) is 36.9. The zero-order valence-electron chi connectivity index (χ0n) is 50.1. The van der Waals surface area contributed by atoms with E-state index in [9.17, 15) is 29.2 Å². The van der Waals surface area contributed by atoms with Gasteiger partial charge in [0.15, 0.2) is 24.3 Å². The highest BCUT2D eigenvalue weighted by atomic mass is 16.7. The van der Waals surface area contributed by atoms with Gasteiger partial charge < -0.3 is 47.4 Å². The fourth-order valence-electron chi connectivity index (χ4n) is 14.0. The first-order valence-corrected chi connectivity index (χ1v) is 29.7. The van der Waals surface area contributed by atoms with E-state index >= 15 is 9.59 Å². The third-order valence-electron chi connectivity index (χ3n) is 19.1. The second-order valence-electron chi connectivity index (χ2n) is 26.5. The number of cyclic esters (lactones) is 1. The highest BCUT2D eigenvalue weighted by Gasteiger charge is 2.73. The van der Waals surface area contributed by atoms with Crippen molar-refractivity contribution >= 4 is 41.8 Å². The Balaban J connectivity index is 1.30. The molecule has 0 amide bonds. The molecule has 0 radical (unpaired) electrons. The van der Waals surface area contributed by atoms with Crippen LogP contribution in [-0.2, 0) is 80.9 Å². The van der Waals surface area contributed by atoms with Crippen molar-refractivity contribution in [3.05, 3.63) is 0 Å². The maximum absolute atomic E-state index is 15.4. The number of ether oxygens (including phenoxy) is 10. The standard InChI is InChI=1S/C61H95NO17/c1-15-55(10,11)49(64)74-40(7)70-27-22-28-71-41(8)75-52(67)58(14,33-56(12,16-2)50(65)76-42(9)73-44-23-18-17-19-24-44)35-59(31-39(6)72-53(59)68)34-57(13,30-38(5)48(63)79-61(37(3)4)25-20-21-26-61)51(66)77-46-43-29-45-47(46)78-54(69)60(45,32-43)36-62/h37-47H,15-35H2,1-14H3. The second-order valence-corrected chi connectivity index (χ2v) is 26.5. The number of fused-ring (bicyclic) bond motifs is 1. The van der Waals surface area contributed by atoms with Gasteiger partial charge in [-0.1, -0.05) is 53.9 Å². The van der Waals surface area contributed by atoms with Crippen LogP contribution in [0.2, 0.25) is 0 Å². The van der Waals surface area contributed by atoms with Gasteiger partial charge in [0.1, 0.15) is 23.9 Å². The lowest BCUT2D eigenvalue weighted by Crippen LogP contribution is -2.49. The fourth-order valence-corrected chi connectivity index (χ4v) is 14.0. The minimum atomic E-state index is -1.67. The SMILES string of the molecule is CCC(C)(C)C(=O)OC(C)OCCCOC(C)OC(=O)C(C)(CC(C)(CC)C(=O)OC(C)OC1CCCCC1)CC1(CC(C)(CC(C)C(=O)OC2(C(C)C)CCCC2)C(=O)OC2C3CC4C2OC(=O)C4(C#N)C3)CC(C)OC1=O. The van der Waals surface area contributed by atoms with E-state index in [1.165, 1.54) is 0 Å². The van der Waals surface area contributed by atoms with Gasteiger partial charge in [-0.2, -0.15) is 5.26 Å². The van der Waals surface area contributed by atoms with E-state index < -0.39 is 123 Å². The summed E-state index contributed by atoms with van der Waals surface area (Å²) in [5, 5.41) is 10.2. The predicted octanol–water partition coefficient (Wildman–Crippen LogP) is 10.7. The van der Waals surface area contributed by atoms with Crippen molar-refractivity contribution in [3.8, 4) is 6.07 Å². The lowest BCUT2D eigenvalue weighted by atomic mass is 9.59. The number of carbonyl (C=O) groups excluding carboxylic acids is 7. The van der Waals surface area contributed by atoms with Crippen LogP contribution in [-0.4, -0.2) is 104 Å². The van der Waals surface area contributed by atoms with Crippen LogP contribution in [0.4, 0.5) is 0 Å². The van der Waals surface area contributed by atoms with Gasteiger partial charge in [0.05, 0.1) is 58.4 Å². The molecule has 2 bridgehead atoms. The highest BCUT2D eigenvalue weighted by Crippen LogP contribution is 2.63. The molecule has 0 aromatic rings. The molecule has 6 rings (SSSR count). The molecule has 0 spiro atoms. The average Bonchev–Trinajstić information content (AvgIpc) is 4.33. The Bertz CT molecular complexity index is 2250. The molecule has 14 atom stereocenters. The van der Waals surface area contributed by atoms with Gasteiger partial charge >= 0.3 is 41.8 Å². The molecule has 2 heterocycles. The van der Waals surface area contributed by atoms with Gasteiger partial charge in [0, 0.05) is 18.3 Å². The van der Waals surface area contributed by atoms with Gasteiger partial charge in [-0.15, -0.1) is 0 Å². The number of rotatable bonds is 29. The van der Waals surface area contributed by atoms with Crippen molar-refractivity contribution in [3.63, 3.8) is 0 Å². The fraction of sp³-hybridized carbons (Fsp3) is 0.869. The summed E-state index contributed by atoms with van der Waals surface area (Å²) in [4.78, 5) is 100. The summed E-state index contributed by atoms with van der Waals surface area (Å²) in [5.41, 5.74) is -8.87. The molecule has 0 aromatic heterocycles. The number of hydrogen-bond acceptors (Lipinski definition) is 18. The monoisotopic (exact) mass is 1110 g/mol. The molecule has 0 aromatic carbocycles. The zero-order valence-corrected chi connectivity index (χ0v) is 50.1. The Kier molecular flexibility index (Phi) is 20.5. The maximum Gasteiger partial charge on any atom is 0.327 e. The predicted molar refractivity (Wildman–Crippen MR) is 286 cm³/mol. The quantitative estimate of drug-likeness (QED) is 0.0293. The molecule has 2 saturated heterocycles. The lowest BCUT2D eigenvalue weighted by molar-refractivity contribution is -0.202. The minimum Gasteiger partial charge on any atom is -0.462 e. The third-order valence-corrected chi connectivity index (χ3v) is 19.1. The Morgan fingerprint density at radius 3 is 1.85 bits per heavy atom. The van der Waals surface area contributed by atoms with Crippen LogP contribution in [0.1, 0.15) is 219 Å². The van der Waals surface area contributed by atoms with Gasteiger partial charge in [-0.05, 0) is 165 Å². The van der Waals surface area contributed by atoms with Crippen LogP contribution in [0.15, 0.2) is 0 Å². The van der Waals surface area contributed by atoms with E-state index in [-0.39, 0.29) is 82.1 Å². The molecule has 6 aliphatic rings. The molecule has 4 aliphatic carbocycles. The van der Waals surface area contributed by atoms with E-state index in [2.05, 4.69) is 6.07 Å². The molecular weight excluding hydrogens is 1020 g/mol. The van der Waals surface area contributed by atoms with Crippen molar-refractivity contribution in [2.75, 3.05) is 13.2 Å². The summed E-state index contributed by atoms with van der Waals surface area (Å²) in [6, 6.07) is 2.20. The Morgan fingerprint density at radius 1 is 0.709 bits per heavy atom. The van der Waals surface area contributed by atoms with Gasteiger partial charge in [-0.25, -0.2) is 0 Å². The number of esters is 7. The highest BCUT2D eigenvalue weighted by molar-refractivity contribution is 5.87. The van der Waals surface area contributed by atoms with Gasteiger partial charge in [0.25, 0.3) is 0 Å². The van der Waals surface area contributed by atoms with Gasteiger partial charge in [0.2, 0.25) is 0 Å². The Labute approximate surface area is 469 Å². The Morgan fingerprint density at radius 2 is 1.29 bits per heavy atom. The van der Waals surface area contributed by atoms with E-state index in [1.807, 2.05) is 27.7 Å². The summed E-state index contributed by atoms with van der Waals surface area (Å²) < 4.78 is 60.2. The molecule has 446 valence electrons. The maximum atomic E-state index is 15.4. The van der Waals surface area contributed by atoms with Crippen molar-refractivity contribution in [1.29, 1.82) is 5.26 Å². The average molecular weight is 1110 g/mol. The number of nitriles is 1. The molecule has 4 saturated carbocycles. The van der Waals surface area contributed by atoms with Crippen molar-refractivity contribution < 1.29 is 80.9 Å². The summed E-state index contributed by atoms with van der Waals surface area (Å²) in [7, 11) is 0. The van der Waals surface area contributed by atoms with Crippen LogP contribution in [0, 0.1) is 67.5 Å². The van der Waals surface area contributed by atoms with Crippen LogP contribution in [0.5, 0.6) is 0 Å². The zero-order chi connectivity index (χ0) is 58.5. The summed E-state index contributed by atoms with van der Waals surface area (Å²) in [5.74, 6) is -5.88. The molecule has 14 unspecified atom stereocenters. The van der Waals surface area contributed by atoms with E-state index in [0.717, 1.165) is 44.9 Å². The van der Waals surface area contributed by atoms with Crippen LogP contribution in [0.3, 0.4) is 0 Å². The van der Waals surface area contributed by atoms with Crippen molar-refractivity contribution in [2.45, 2.75) is 268 Å². The van der Waals surface area contributed by atoms with E-state index in [1.54, 1.807) is 69.2 Å². The molecule has 6 fully saturated rings. The van der Waals surface area contributed by atoms with Crippen molar-refractivity contribution in [1.82, 2.24) is 0 Å². The van der Waals surface area contributed by atoms with Gasteiger partial charge in [-0.3, -0.25) is 33.6 Å². The molecule has 18 heteroatoms. The molecule has 79 heavy (non-hydrogen) atoms. The molecule has 18 nitrogen and oxygen atoms in total.